The number of nitriles is 1. The van der Waals surface area contributed by atoms with Crippen molar-refractivity contribution >= 4 is 17.3 Å². The maximum absolute atomic E-state index is 12.0. The lowest BCUT2D eigenvalue weighted by Crippen LogP contribution is -2.35. The van der Waals surface area contributed by atoms with Crippen molar-refractivity contribution in [2.24, 2.45) is 5.92 Å². The minimum Gasteiger partial charge on any atom is -0.319 e. The fourth-order valence-corrected chi connectivity index (χ4v) is 1.86. The van der Waals surface area contributed by atoms with Crippen LogP contribution in [-0.4, -0.2) is 35.4 Å². The van der Waals surface area contributed by atoms with Crippen LogP contribution in [0.3, 0.4) is 0 Å². The zero-order chi connectivity index (χ0) is 15.8. The van der Waals surface area contributed by atoms with Crippen molar-refractivity contribution in [3.05, 3.63) is 34.4 Å². The molecule has 0 aliphatic heterocycles. The number of nitrogens with zero attached hydrogens (tertiary/aromatic N) is 3. The van der Waals surface area contributed by atoms with Gasteiger partial charge in [-0.3, -0.25) is 19.8 Å². The molecule has 21 heavy (non-hydrogen) atoms. The van der Waals surface area contributed by atoms with Crippen LogP contribution >= 0.6 is 0 Å². The number of hydrogen-bond donors (Lipinski definition) is 1. The lowest BCUT2D eigenvalue weighted by atomic mass is 10.2. The summed E-state index contributed by atoms with van der Waals surface area (Å²) in [5.41, 5.74) is 0.0381. The third kappa shape index (κ3) is 5.20. The van der Waals surface area contributed by atoms with Crippen LogP contribution in [0.4, 0.5) is 11.4 Å². The van der Waals surface area contributed by atoms with Crippen molar-refractivity contribution in [1.82, 2.24) is 4.90 Å². The summed E-state index contributed by atoms with van der Waals surface area (Å²) >= 11 is 0. The monoisotopic (exact) mass is 290 g/mol. The number of anilines is 1. The largest absolute Gasteiger partial charge is 0.319 e. The van der Waals surface area contributed by atoms with E-state index in [1.807, 2.05) is 11.8 Å². The molecule has 0 aliphatic carbocycles. The van der Waals surface area contributed by atoms with E-state index < -0.39 is 4.92 Å². The van der Waals surface area contributed by atoms with Gasteiger partial charge in [0.15, 0.2) is 0 Å². The van der Waals surface area contributed by atoms with Gasteiger partial charge in [0.2, 0.25) is 5.91 Å². The first-order valence-corrected chi connectivity index (χ1v) is 6.63. The number of likely N-dealkylation sites (N-methyl/N-ethyl adjacent to an activating group) is 1. The Morgan fingerprint density at radius 3 is 2.76 bits per heavy atom. The number of nitro groups is 1. The zero-order valence-corrected chi connectivity index (χ0v) is 12.1. The van der Waals surface area contributed by atoms with Crippen molar-refractivity contribution < 1.29 is 9.72 Å². The van der Waals surface area contributed by atoms with Crippen molar-refractivity contribution in [2.45, 2.75) is 13.8 Å². The number of rotatable bonds is 7. The van der Waals surface area contributed by atoms with Crippen LogP contribution in [0.25, 0.3) is 0 Å². The Kier molecular flexibility index (Phi) is 6.30. The molecule has 7 heteroatoms. The number of amides is 1. The van der Waals surface area contributed by atoms with E-state index in [1.54, 1.807) is 19.1 Å². The Balaban J connectivity index is 2.69. The highest BCUT2D eigenvalue weighted by Gasteiger charge is 2.17. The molecule has 0 saturated carbocycles. The van der Waals surface area contributed by atoms with Crippen LogP contribution in [0.15, 0.2) is 24.3 Å². The predicted molar refractivity (Wildman–Crippen MR) is 78.6 cm³/mol. The fraction of sp³-hybridized carbons (Fsp3) is 0.429. The second kappa shape index (κ2) is 7.97. The number of carbonyl (C=O) groups is 1. The first kappa shape index (κ1) is 16.6. The lowest BCUT2D eigenvalue weighted by molar-refractivity contribution is -0.383. The van der Waals surface area contributed by atoms with Gasteiger partial charge >= 0.3 is 0 Å². The molecule has 0 unspecified atom stereocenters. The molecule has 1 rings (SSSR count). The number of carbonyl (C=O) groups excluding carboxylic acids is 1. The van der Waals surface area contributed by atoms with Gasteiger partial charge in [0, 0.05) is 12.6 Å². The molecule has 1 aromatic carbocycles. The van der Waals surface area contributed by atoms with E-state index in [1.165, 1.54) is 12.1 Å². The van der Waals surface area contributed by atoms with E-state index in [0.29, 0.717) is 13.1 Å². The first-order chi connectivity index (χ1) is 9.97. The third-order valence-electron chi connectivity index (χ3n) is 2.94. The smallest absolute Gasteiger partial charge is 0.292 e. The summed E-state index contributed by atoms with van der Waals surface area (Å²) in [6.07, 6.45) is 0. The van der Waals surface area contributed by atoms with Crippen molar-refractivity contribution in [3.63, 3.8) is 0 Å². The Morgan fingerprint density at radius 1 is 1.52 bits per heavy atom. The molecular formula is C14H18N4O3. The molecule has 0 bridgehead atoms. The molecule has 0 saturated heterocycles. The maximum atomic E-state index is 12.0. The van der Waals surface area contributed by atoms with Crippen LogP contribution in [0.2, 0.25) is 0 Å². The van der Waals surface area contributed by atoms with Gasteiger partial charge in [0.25, 0.3) is 5.69 Å². The highest BCUT2D eigenvalue weighted by Crippen LogP contribution is 2.22. The molecule has 0 heterocycles. The molecular weight excluding hydrogens is 272 g/mol. The number of nitrogens with one attached hydrogen (secondary N) is 1. The molecule has 112 valence electrons. The minimum atomic E-state index is -0.537. The molecule has 1 N–H and O–H groups in total. The van der Waals surface area contributed by atoms with Crippen LogP contribution in [0.1, 0.15) is 13.8 Å². The van der Waals surface area contributed by atoms with Gasteiger partial charge in [0.05, 0.1) is 23.5 Å². The summed E-state index contributed by atoms with van der Waals surface area (Å²) < 4.78 is 0. The lowest BCUT2D eigenvalue weighted by Gasteiger charge is -2.20. The van der Waals surface area contributed by atoms with E-state index in [-0.39, 0.29) is 29.7 Å². The Hall–Kier alpha value is -2.46. The summed E-state index contributed by atoms with van der Waals surface area (Å²) in [7, 11) is 0. The second-order valence-electron chi connectivity index (χ2n) is 4.68. The highest BCUT2D eigenvalue weighted by atomic mass is 16.6. The van der Waals surface area contributed by atoms with Crippen LogP contribution in [0.5, 0.6) is 0 Å². The molecule has 0 radical (unpaired) electrons. The van der Waals surface area contributed by atoms with Crippen LogP contribution < -0.4 is 5.32 Å². The standard InChI is InChI=1S/C14H18N4O3/c1-3-17(9-11(2)8-15)10-14(19)16-12-6-4-5-7-13(12)18(20)21/h4-7,11H,3,9-10H2,1-2H3,(H,16,19)/t11-/m1/s1. The summed E-state index contributed by atoms with van der Waals surface area (Å²) in [4.78, 5) is 24.1. The molecule has 1 atom stereocenters. The number of para-hydroxylation sites is 2. The molecule has 0 spiro atoms. The van der Waals surface area contributed by atoms with Gasteiger partial charge in [-0.1, -0.05) is 19.1 Å². The third-order valence-corrected chi connectivity index (χ3v) is 2.94. The summed E-state index contributed by atoms with van der Waals surface area (Å²) in [5, 5.41) is 22.2. The van der Waals surface area contributed by atoms with E-state index in [9.17, 15) is 14.9 Å². The fourth-order valence-electron chi connectivity index (χ4n) is 1.86. The van der Waals surface area contributed by atoms with Crippen molar-refractivity contribution in [1.29, 1.82) is 5.26 Å². The molecule has 0 fully saturated rings. The average molecular weight is 290 g/mol. The topological polar surface area (TPSA) is 99.3 Å². The average Bonchev–Trinajstić information content (AvgIpc) is 2.46. The van der Waals surface area contributed by atoms with Gasteiger partial charge in [-0.15, -0.1) is 0 Å². The number of hydrogen-bond acceptors (Lipinski definition) is 5. The van der Waals surface area contributed by atoms with Crippen molar-refractivity contribution in [2.75, 3.05) is 25.0 Å². The Bertz CT molecular complexity index is 553. The molecule has 0 aromatic heterocycles. The highest BCUT2D eigenvalue weighted by molar-refractivity contribution is 5.94. The number of nitro benzene ring substituents is 1. The van der Waals surface area contributed by atoms with E-state index >= 15 is 0 Å². The summed E-state index contributed by atoms with van der Waals surface area (Å²) in [6, 6.07) is 8.11. The molecule has 0 aliphatic rings. The molecule has 1 amide bonds. The van der Waals surface area contributed by atoms with Gasteiger partial charge in [-0.25, -0.2) is 0 Å². The first-order valence-electron chi connectivity index (χ1n) is 6.63. The second-order valence-corrected chi connectivity index (χ2v) is 4.68. The predicted octanol–water partition coefficient (Wildman–Crippen LogP) is 2.01. The SMILES string of the molecule is CCN(CC(=O)Nc1ccccc1[N+](=O)[O-])C[C@H](C)C#N. The van der Waals surface area contributed by atoms with Gasteiger partial charge in [0.1, 0.15) is 5.69 Å². The Morgan fingerprint density at radius 2 is 2.19 bits per heavy atom. The van der Waals surface area contributed by atoms with E-state index in [0.717, 1.165) is 0 Å². The van der Waals surface area contributed by atoms with E-state index in [4.69, 9.17) is 5.26 Å². The Labute approximate surface area is 123 Å². The van der Waals surface area contributed by atoms with Gasteiger partial charge in [-0.05, 0) is 19.5 Å². The van der Waals surface area contributed by atoms with Crippen LogP contribution in [-0.2, 0) is 4.79 Å². The number of benzene rings is 1. The van der Waals surface area contributed by atoms with Gasteiger partial charge < -0.3 is 5.32 Å². The maximum Gasteiger partial charge on any atom is 0.292 e. The van der Waals surface area contributed by atoms with Crippen molar-refractivity contribution in [3.8, 4) is 6.07 Å². The molecule has 7 nitrogen and oxygen atoms in total. The normalized spacial score (nSPS) is 11.7. The molecule has 1 aromatic rings. The van der Waals surface area contributed by atoms with E-state index in [2.05, 4.69) is 11.4 Å². The summed E-state index contributed by atoms with van der Waals surface area (Å²) in [6.45, 7) is 4.87. The quantitative estimate of drug-likeness (QED) is 0.611. The van der Waals surface area contributed by atoms with Crippen LogP contribution in [0, 0.1) is 27.4 Å². The minimum absolute atomic E-state index is 0.0918. The zero-order valence-electron chi connectivity index (χ0n) is 12.1. The summed E-state index contributed by atoms with van der Waals surface area (Å²) in [5.74, 6) is -0.514. The van der Waals surface area contributed by atoms with Gasteiger partial charge in [-0.2, -0.15) is 5.26 Å².